The fourth-order valence-electron chi connectivity index (χ4n) is 2.76. The fraction of sp³-hybridized carbons (Fsp3) is 0.438. The number of carbonyl (C=O) groups excluding carboxylic acids is 1. The van der Waals surface area contributed by atoms with Gasteiger partial charge in [-0.25, -0.2) is 13.2 Å². The predicted molar refractivity (Wildman–Crippen MR) is 88.0 cm³/mol. The summed E-state index contributed by atoms with van der Waals surface area (Å²) in [6, 6.07) is 8.75. The molecule has 1 aliphatic heterocycles. The monoisotopic (exact) mass is 336 g/mol. The number of fused-ring (bicyclic) bond motifs is 1. The highest BCUT2D eigenvalue weighted by molar-refractivity contribution is 7.91. The van der Waals surface area contributed by atoms with Crippen molar-refractivity contribution in [2.45, 2.75) is 25.4 Å². The van der Waals surface area contributed by atoms with Crippen LogP contribution in [0.5, 0.6) is 0 Å². The summed E-state index contributed by atoms with van der Waals surface area (Å²) in [5, 5.41) is 3.78. The number of amides is 2. The van der Waals surface area contributed by atoms with E-state index in [4.69, 9.17) is 4.42 Å². The van der Waals surface area contributed by atoms with E-state index in [0.717, 1.165) is 11.0 Å². The van der Waals surface area contributed by atoms with E-state index in [2.05, 4.69) is 5.32 Å². The zero-order valence-electron chi connectivity index (χ0n) is 13.2. The van der Waals surface area contributed by atoms with E-state index in [1.165, 1.54) is 4.90 Å². The number of rotatable bonds is 3. The van der Waals surface area contributed by atoms with Crippen molar-refractivity contribution in [1.82, 2.24) is 10.2 Å². The zero-order chi connectivity index (χ0) is 16.6. The van der Waals surface area contributed by atoms with E-state index in [9.17, 15) is 13.2 Å². The van der Waals surface area contributed by atoms with E-state index in [-0.39, 0.29) is 29.6 Å². The highest BCUT2D eigenvalue weighted by Crippen LogP contribution is 2.26. The lowest BCUT2D eigenvalue weighted by Crippen LogP contribution is -2.44. The predicted octanol–water partition coefficient (Wildman–Crippen LogP) is 2.32. The quantitative estimate of drug-likeness (QED) is 0.933. The van der Waals surface area contributed by atoms with Crippen LogP contribution in [0.3, 0.4) is 0 Å². The number of nitrogens with zero attached hydrogens (tertiary/aromatic N) is 1. The van der Waals surface area contributed by atoms with Gasteiger partial charge in [0.25, 0.3) is 0 Å². The summed E-state index contributed by atoms with van der Waals surface area (Å²) in [7, 11) is -1.33. The van der Waals surface area contributed by atoms with Gasteiger partial charge in [0, 0.05) is 18.5 Å². The van der Waals surface area contributed by atoms with Crippen LogP contribution in [-0.2, 0) is 9.84 Å². The number of sulfone groups is 1. The average Bonchev–Trinajstić information content (AvgIpc) is 3.08. The molecular formula is C16H20N2O4S. The number of hydrogen-bond acceptors (Lipinski definition) is 4. The molecule has 2 amide bonds. The number of furan rings is 1. The van der Waals surface area contributed by atoms with Gasteiger partial charge in [-0.2, -0.15) is 0 Å². The Labute approximate surface area is 135 Å². The molecule has 0 radical (unpaired) electrons. The molecule has 1 aromatic carbocycles. The Morgan fingerprint density at radius 2 is 2.13 bits per heavy atom. The van der Waals surface area contributed by atoms with Crippen LogP contribution in [0.1, 0.15) is 25.1 Å². The maximum Gasteiger partial charge on any atom is 0.318 e. The van der Waals surface area contributed by atoms with Crippen molar-refractivity contribution in [3.63, 3.8) is 0 Å². The summed E-state index contributed by atoms with van der Waals surface area (Å²) in [6.07, 6.45) is 0.473. The van der Waals surface area contributed by atoms with Gasteiger partial charge in [-0.05, 0) is 25.5 Å². The Balaban J connectivity index is 1.69. The van der Waals surface area contributed by atoms with Crippen LogP contribution < -0.4 is 5.32 Å². The molecule has 2 aromatic rings. The van der Waals surface area contributed by atoms with Gasteiger partial charge in [0.05, 0.1) is 17.5 Å². The van der Waals surface area contributed by atoms with E-state index < -0.39 is 9.84 Å². The Morgan fingerprint density at radius 3 is 2.78 bits per heavy atom. The van der Waals surface area contributed by atoms with E-state index in [0.29, 0.717) is 12.2 Å². The molecule has 0 aliphatic carbocycles. The summed E-state index contributed by atoms with van der Waals surface area (Å²) in [6.45, 7) is 1.88. The second-order valence-electron chi connectivity index (χ2n) is 6.02. The first-order chi connectivity index (χ1) is 10.9. The summed E-state index contributed by atoms with van der Waals surface area (Å²) >= 11 is 0. The lowest BCUT2D eigenvalue weighted by molar-refractivity contribution is 0.185. The van der Waals surface area contributed by atoms with Crippen LogP contribution in [0.4, 0.5) is 4.79 Å². The van der Waals surface area contributed by atoms with E-state index in [1.807, 2.05) is 37.3 Å². The minimum Gasteiger partial charge on any atom is -0.459 e. The molecule has 0 bridgehead atoms. The third-order valence-electron chi connectivity index (χ3n) is 4.32. The van der Waals surface area contributed by atoms with Gasteiger partial charge in [-0.1, -0.05) is 18.2 Å². The molecule has 7 heteroatoms. The SMILES string of the molecule is C[C@H](c1cc2ccccc2o1)N(C)C(=O)N[C@@H]1CCS(=O)(=O)C1. The molecule has 1 aromatic heterocycles. The number of benzene rings is 1. The van der Waals surface area contributed by atoms with Crippen molar-refractivity contribution in [2.24, 2.45) is 0 Å². The molecule has 2 atom stereocenters. The van der Waals surface area contributed by atoms with Crippen molar-refractivity contribution < 1.29 is 17.6 Å². The largest absolute Gasteiger partial charge is 0.459 e. The second-order valence-corrected chi connectivity index (χ2v) is 8.25. The Kier molecular flexibility index (Phi) is 4.06. The molecule has 2 heterocycles. The molecule has 1 fully saturated rings. The molecule has 0 unspecified atom stereocenters. The summed E-state index contributed by atoms with van der Waals surface area (Å²) in [5.74, 6) is 0.856. The third-order valence-corrected chi connectivity index (χ3v) is 6.09. The second kappa shape index (κ2) is 5.88. The lowest BCUT2D eigenvalue weighted by atomic mass is 10.2. The first kappa shape index (κ1) is 15.9. The van der Waals surface area contributed by atoms with Gasteiger partial charge in [-0.15, -0.1) is 0 Å². The van der Waals surface area contributed by atoms with Crippen LogP contribution in [0.25, 0.3) is 11.0 Å². The average molecular weight is 336 g/mol. The molecule has 0 spiro atoms. The van der Waals surface area contributed by atoms with Gasteiger partial charge >= 0.3 is 6.03 Å². The molecule has 6 nitrogen and oxygen atoms in total. The fourth-order valence-corrected chi connectivity index (χ4v) is 4.43. The highest BCUT2D eigenvalue weighted by Gasteiger charge is 2.30. The third kappa shape index (κ3) is 3.34. The summed E-state index contributed by atoms with van der Waals surface area (Å²) < 4.78 is 28.7. The molecule has 3 rings (SSSR count). The lowest BCUT2D eigenvalue weighted by Gasteiger charge is -2.25. The van der Waals surface area contributed by atoms with Gasteiger partial charge in [0.1, 0.15) is 11.3 Å². The number of hydrogen-bond donors (Lipinski definition) is 1. The molecule has 23 heavy (non-hydrogen) atoms. The van der Waals surface area contributed by atoms with Crippen molar-refractivity contribution in [2.75, 3.05) is 18.6 Å². The maximum absolute atomic E-state index is 12.3. The zero-order valence-corrected chi connectivity index (χ0v) is 14.0. The number of nitrogens with one attached hydrogen (secondary N) is 1. The molecule has 1 aliphatic rings. The Hall–Kier alpha value is -2.02. The molecule has 1 N–H and O–H groups in total. The Morgan fingerprint density at radius 1 is 1.39 bits per heavy atom. The topological polar surface area (TPSA) is 79.6 Å². The normalized spacial score (nSPS) is 21.2. The Bertz CT molecular complexity index is 794. The van der Waals surface area contributed by atoms with Gasteiger partial charge < -0.3 is 14.6 Å². The molecule has 124 valence electrons. The number of para-hydroxylation sites is 1. The maximum atomic E-state index is 12.3. The van der Waals surface area contributed by atoms with Crippen LogP contribution in [0.2, 0.25) is 0 Å². The van der Waals surface area contributed by atoms with Gasteiger partial charge in [-0.3, -0.25) is 0 Å². The highest BCUT2D eigenvalue weighted by atomic mass is 32.2. The van der Waals surface area contributed by atoms with Crippen molar-refractivity contribution >= 4 is 26.8 Å². The number of urea groups is 1. The van der Waals surface area contributed by atoms with Crippen molar-refractivity contribution in [3.8, 4) is 0 Å². The summed E-state index contributed by atoms with van der Waals surface area (Å²) in [5.41, 5.74) is 0.782. The van der Waals surface area contributed by atoms with Crippen molar-refractivity contribution in [3.05, 3.63) is 36.1 Å². The van der Waals surface area contributed by atoms with Crippen LogP contribution >= 0.6 is 0 Å². The van der Waals surface area contributed by atoms with Crippen LogP contribution in [0.15, 0.2) is 34.7 Å². The standard InChI is InChI=1S/C16H20N2O4S/c1-11(15-9-12-5-3-4-6-14(12)22-15)18(2)16(19)17-13-7-8-23(20,21)10-13/h3-6,9,11,13H,7-8,10H2,1-2H3,(H,17,19)/t11-,13-/m1/s1. The first-order valence-electron chi connectivity index (χ1n) is 7.58. The van der Waals surface area contributed by atoms with Crippen molar-refractivity contribution in [1.29, 1.82) is 0 Å². The van der Waals surface area contributed by atoms with Gasteiger partial charge in [0.2, 0.25) is 0 Å². The number of carbonyl (C=O) groups is 1. The van der Waals surface area contributed by atoms with Crippen LogP contribution in [0, 0.1) is 0 Å². The first-order valence-corrected chi connectivity index (χ1v) is 9.40. The van der Waals surface area contributed by atoms with E-state index in [1.54, 1.807) is 7.05 Å². The molecule has 1 saturated heterocycles. The van der Waals surface area contributed by atoms with E-state index >= 15 is 0 Å². The van der Waals surface area contributed by atoms with Crippen LogP contribution in [-0.4, -0.2) is 43.9 Å². The van der Waals surface area contributed by atoms with Gasteiger partial charge in [0.15, 0.2) is 9.84 Å². The minimum absolute atomic E-state index is 0.0194. The molecular weight excluding hydrogens is 316 g/mol. The summed E-state index contributed by atoms with van der Waals surface area (Å²) in [4.78, 5) is 13.8. The smallest absolute Gasteiger partial charge is 0.318 e. The molecule has 0 saturated carbocycles. The minimum atomic E-state index is -3.01.